The molecule has 11 heteroatoms. The first kappa shape index (κ1) is 24.6. The molecule has 1 aromatic carbocycles. The maximum atomic E-state index is 13.6. The first-order valence-electron chi connectivity index (χ1n) is 12.0. The van der Waals surface area contributed by atoms with E-state index in [1.54, 1.807) is 13.1 Å². The van der Waals surface area contributed by atoms with Crippen molar-refractivity contribution >= 4 is 44.8 Å². The summed E-state index contributed by atoms with van der Waals surface area (Å²) in [4.78, 5) is 30.0. The molecule has 0 fully saturated rings. The predicted octanol–water partition coefficient (Wildman–Crippen LogP) is 4.78. The molecule has 1 aliphatic heterocycles. The van der Waals surface area contributed by atoms with Crippen LogP contribution in [0, 0.1) is 0 Å². The summed E-state index contributed by atoms with van der Waals surface area (Å²) < 4.78 is 13.0. The highest BCUT2D eigenvalue weighted by Gasteiger charge is 2.27. The van der Waals surface area contributed by atoms with Gasteiger partial charge in [-0.2, -0.15) is 5.10 Å². The van der Waals surface area contributed by atoms with Crippen LogP contribution < -0.4 is 10.1 Å². The van der Waals surface area contributed by atoms with E-state index in [4.69, 9.17) is 9.47 Å². The Bertz CT molecular complexity index is 1540. The molecule has 0 saturated heterocycles. The third-order valence-corrected chi connectivity index (χ3v) is 6.83. The minimum absolute atomic E-state index is 0.0789. The van der Waals surface area contributed by atoms with E-state index in [0.29, 0.717) is 24.5 Å². The van der Waals surface area contributed by atoms with E-state index in [9.17, 15) is 9.59 Å². The first-order valence-corrected chi connectivity index (χ1v) is 12.9. The Balaban J connectivity index is 1.63. The second kappa shape index (κ2) is 10.1. The van der Waals surface area contributed by atoms with E-state index in [1.807, 2.05) is 29.9 Å². The number of aromatic nitrogens is 5. The molecule has 1 amide bonds. The predicted molar refractivity (Wildman–Crippen MR) is 139 cm³/mol. The number of ether oxygens (including phenoxy) is 2. The van der Waals surface area contributed by atoms with Crippen LogP contribution in [0.25, 0.3) is 16.5 Å². The van der Waals surface area contributed by atoms with E-state index in [2.05, 4.69) is 51.6 Å². The number of hydrogen-bond donors (Lipinski definition) is 1. The SMILES string of the molecule is CCOC(=O)c1nnc(NC(=O)/C(CC)=C2/c3cc4cnn(C(C)C)c4cc3COc3ncccc32)s1. The van der Waals surface area contributed by atoms with Gasteiger partial charge in [-0.15, -0.1) is 10.2 Å². The number of amides is 1. The third kappa shape index (κ3) is 4.57. The van der Waals surface area contributed by atoms with Gasteiger partial charge in [-0.3, -0.25) is 14.8 Å². The maximum absolute atomic E-state index is 13.6. The van der Waals surface area contributed by atoms with Gasteiger partial charge in [0.15, 0.2) is 0 Å². The van der Waals surface area contributed by atoms with Gasteiger partial charge in [0.1, 0.15) is 6.61 Å². The summed E-state index contributed by atoms with van der Waals surface area (Å²) in [5.74, 6) is -0.456. The molecular weight excluding hydrogens is 492 g/mol. The molecule has 1 aliphatic rings. The smallest absolute Gasteiger partial charge is 0.369 e. The molecule has 5 rings (SSSR count). The number of hydrogen-bond acceptors (Lipinski definition) is 9. The molecule has 0 saturated carbocycles. The number of carbonyl (C=O) groups is 2. The Labute approximate surface area is 217 Å². The average Bonchev–Trinajstić information content (AvgIpc) is 3.49. The zero-order valence-corrected chi connectivity index (χ0v) is 21.8. The second-order valence-electron chi connectivity index (χ2n) is 8.69. The molecule has 0 bridgehead atoms. The molecule has 0 aliphatic carbocycles. The van der Waals surface area contributed by atoms with Crippen molar-refractivity contribution in [3.05, 3.63) is 63.9 Å². The van der Waals surface area contributed by atoms with Crippen LogP contribution in [-0.4, -0.2) is 43.4 Å². The van der Waals surface area contributed by atoms with Gasteiger partial charge in [0.2, 0.25) is 16.0 Å². The lowest BCUT2D eigenvalue weighted by molar-refractivity contribution is -0.112. The van der Waals surface area contributed by atoms with Gasteiger partial charge in [-0.05, 0) is 62.6 Å². The second-order valence-corrected chi connectivity index (χ2v) is 9.67. The van der Waals surface area contributed by atoms with Crippen molar-refractivity contribution < 1.29 is 19.1 Å². The van der Waals surface area contributed by atoms with Crippen molar-refractivity contribution in [1.29, 1.82) is 0 Å². The summed E-state index contributed by atoms with van der Waals surface area (Å²) in [5.41, 5.74) is 4.82. The van der Waals surface area contributed by atoms with Crippen LogP contribution in [0.1, 0.15) is 66.7 Å². The Morgan fingerprint density at radius 2 is 2.05 bits per heavy atom. The molecular formula is C26H26N6O4S. The number of pyridine rings is 1. The molecule has 10 nitrogen and oxygen atoms in total. The van der Waals surface area contributed by atoms with Crippen LogP contribution in [0.2, 0.25) is 0 Å². The van der Waals surface area contributed by atoms with Crippen molar-refractivity contribution in [2.24, 2.45) is 0 Å². The lowest BCUT2D eigenvalue weighted by Gasteiger charge is -2.16. The van der Waals surface area contributed by atoms with Crippen molar-refractivity contribution in [1.82, 2.24) is 25.0 Å². The summed E-state index contributed by atoms with van der Waals surface area (Å²) in [6.07, 6.45) is 3.94. The summed E-state index contributed by atoms with van der Waals surface area (Å²) in [7, 11) is 0. The molecule has 0 unspecified atom stereocenters. The molecule has 0 spiro atoms. The number of anilines is 1. The molecule has 3 aromatic heterocycles. The van der Waals surface area contributed by atoms with Crippen LogP contribution in [0.3, 0.4) is 0 Å². The third-order valence-electron chi connectivity index (χ3n) is 6.01. The quantitative estimate of drug-likeness (QED) is 0.286. The van der Waals surface area contributed by atoms with Crippen molar-refractivity contribution in [3.8, 4) is 5.88 Å². The van der Waals surface area contributed by atoms with Crippen LogP contribution in [0.15, 0.2) is 42.2 Å². The van der Waals surface area contributed by atoms with E-state index in [0.717, 1.165) is 44.5 Å². The Kier molecular flexibility index (Phi) is 6.70. The monoisotopic (exact) mass is 518 g/mol. The highest BCUT2D eigenvalue weighted by molar-refractivity contribution is 7.17. The number of benzene rings is 1. The zero-order chi connectivity index (χ0) is 26.1. The lowest BCUT2D eigenvalue weighted by atomic mass is 9.89. The number of nitrogens with zero attached hydrogens (tertiary/aromatic N) is 5. The van der Waals surface area contributed by atoms with E-state index < -0.39 is 5.97 Å². The number of rotatable bonds is 6. The normalized spacial score (nSPS) is 14.0. The minimum atomic E-state index is -0.574. The number of carbonyl (C=O) groups excluding carboxylic acids is 2. The summed E-state index contributed by atoms with van der Waals surface area (Å²) in [6, 6.07) is 8.06. The number of esters is 1. The van der Waals surface area contributed by atoms with Crippen LogP contribution in [-0.2, 0) is 16.1 Å². The van der Waals surface area contributed by atoms with Gasteiger partial charge in [0, 0.05) is 34.3 Å². The van der Waals surface area contributed by atoms with E-state index in [1.165, 1.54) is 0 Å². The van der Waals surface area contributed by atoms with Gasteiger partial charge in [-0.1, -0.05) is 18.3 Å². The fourth-order valence-electron chi connectivity index (χ4n) is 4.39. The number of nitrogens with one attached hydrogen (secondary N) is 1. The largest absolute Gasteiger partial charge is 0.472 e. The first-order chi connectivity index (χ1) is 17.9. The molecule has 190 valence electrons. The fraction of sp³-hybridized carbons (Fsp3) is 0.308. The van der Waals surface area contributed by atoms with Gasteiger partial charge < -0.3 is 9.47 Å². The maximum Gasteiger partial charge on any atom is 0.369 e. The van der Waals surface area contributed by atoms with Crippen LogP contribution >= 0.6 is 11.3 Å². The Morgan fingerprint density at radius 3 is 2.81 bits per heavy atom. The summed E-state index contributed by atoms with van der Waals surface area (Å²) >= 11 is 0.967. The standard InChI is InChI=1S/C26H26N6O4S/c1-5-17(22(33)29-26-31-30-24(37-26)25(34)35-6-2)21-18-8-7-9-27-23(18)36-13-16-11-20-15(10-19(16)21)12-28-32(20)14(3)4/h7-12,14H,5-6,13H2,1-4H3,(H,29,31,33)/b21-17+. The van der Waals surface area contributed by atoms with Gasteiger partial charge in [-0.25, -0.2) is 9.78 Å². The Hall–Kier alpha value is -4.12. The summed E-state index contributed by atoms with van der Waals surface area (Å²) in [6.45, 7) is 8.33. The van der Waals surface area contributed by atoms with Gasteiger partial charge >= 0.3 is 5.97 Å². The van der Waals surface area contributed by atoms with E-state index >= 15 is 0 Å². The molecule has 37 heavy (non-hydrogen) atoms. The molecule has 0 radical (unpaired) electrons. The topological polar surface area (TPSA) is 121 Å². The molecule has 4 heterocycles. The molecule has 0 atom stereocenters. The fourth-order valence-corrected chi connectivity index (χ4v) is 5.02. The lowest BCUT2D eigenvalue weighted by Crippen LogP contribution is -2.16. The Morgan fingerprint density at radius 1 is 1.22 bits per heavy atom. The van der Waals surface area contributed by atoms with Crippen molar-refractivity contribution in [2.45, 2.75) is 46.8 Å². The number of fused-ring (bicyclic) bond motifs is 3. The highest BCUT2D eigenvalue weighted by Crippen LogP contribution is 2.40. The van der Waals surface area contributed by atoms with Crippen LogP contribution in [0.5, 0.6) is 5.88 Å². The molecule has 4 aromatic rings. The highest BCUT2D eigenvalue weighted by atomic mass is 32.1. The average molecular weight is 519 g/mol. The zero-order valence-electron chi connectivity index (χ0n) is 20.9. The van der Waals surface area contributed by atoms with Crippen LogP contribution in [0.4, 0.5) is 5.13 Å². The summed E-state index contributed by atoms with van der Waals surface area (Å²) in [5, 5.41) is 16.4. The minimum Gasteiger partial charge on any atom is -0.472 e. The van der Waals surface area contributed by atoms with Crippen molar-refractivity contribution in [2.75, 3.05) is 11.9 Å². The van der Waals surface area contributed by atoms with Gasteiger partial charge in [0.05, 0.1) is 18.3 Å². The van der Waals surface area contributed by atoms with Crippen molar-refractivity contribution in [3.63, 3.8) is 0 Å². The van der Waals surface area contributed by atoms with E-state index in [-0.39, 0.29) is 28.7 Å². The van der Waals surface area contributed by atoms with Gasteiger partial charge in [0.25, 0.3) is 5.91 Å². The molecule has 1 N–H and O–H groups in total.